The summed E-state index contributed by atoms with van der Waals surface area (Å²) in [7, 11) is 3.99. The predicted octanol–water partition coefficient (Wildman–Crippen LogP) is 2.14. The molecule has 0 spiro atoms. The fourth-order valence-electron chi connectivity index (χ4n) is 2.77. The lowest BCUT2D eigenvalue weighted by molar-refractivity contribution is -0.137. The summed E-state index contributed by atoms with van der Waals surface area (Å²) in [5, 5.41) is 3.29. The largest absolute Gasteiger partial charge is 0.337 e. The molecule has 1 aliphatic heterocycles. The zero-order valence-electron chi connectivity index (χ0n) is 13.9. The number of piperidine rings is 1. The van der Waals surface area contributed by atoms with Crippen LogP contribution in [0, 0.1) is 11.7 Å². The van der Waals surface area contributed by atoms with Crippen molar-refractivity contribution < 1.29 is 9.18 Å². The Kier molecular flexibility index (Phi) is 8.52. The van der Waals surface area contributed by atoms with Gasteiger partial charge in [0.2, 0.25) is 5.91 Å². The number of hydrogen-bond acceptors (Lipinski definition) is 3. The Labute approximate surface area is 144 Å². The first-order chi connectivity index (χ1) is 10.6. The van der Waals surface area contributed by atoms with Gasteiger partial charge in [-0.15, -0.1) is 12.4 Å². The summed E-state index contributed by atoms with van der Waals surface area (Å²) in [5.74, 6) is 0.0453. The van der Waals surface area contributed by atoms with E-state index in [1.165, 1.54) is 12.1 Å². The molecule has 0 aliphatic carbocycles. The minimum atomic E-state index is -0.251. The van der Waals surface area contributed by atoms with Crippen LogP contribution in [0.3, 0.4) is 0 Å². The van der Waals surface area contributed by atoms with E-state index in [0.29, 0.717) is 13.1 Å². The van der Waals surface area contributed by atoms with Crippen molar-refractivity contribution in [3.8, 4) is 0 Å². The van der Waals surface area contributed by atoms with Crippen molar-refractivity contribution >= 4 is 18.3 Å². The first-order valence-corrected chi connectivity index (χ1v) is 7.95. The van der Waals surface area contributed by atoms with E-state index in [-0.39, 0.29) is 30.0 Å². The minimum absolute atomic E-state index is 0. The zero-order valence-corrected chi connectivity index (χ0v) is 14.7. The molecule has 1 aromatic rings. The van der Waals surface area contributed by atoms with E-state index in [2.05, 4.69) is 10.2 Å². The van der Waals surface area contributed by atoms with Gasteiger partial charge < -0.3 is 15.1 Å². The van der Waals surface area contributed by atoms with Crippen LogP contribution < -0.4 is 5.32 Å². The summed E-state index contributed by atoms with van der Waals surface area (Å²) in [6.07, 6.45) is 1.78. The third-order valence-corrected chi connectivity index (χ3v) is 4.08. The molecule has 6 heteroatoms. The Bertz CT molecular complexity index is 492. The molecule has 130 valence electrons. The fourth-order valence-corrected chi connectivity index (χ4v) is 2.77. The van der Waals surface area contributed by atoms with Crippen molar-refractivity contribution in [2.75, 3.05) is 40.3 Å². The van der Waals surface area contributed by atoms with Crippen LogP contribution >= 0.6 is 12.4 Å². The molecule has 4 nitrogen and oxygen atoms in total. The minimum Gasteiger partial charge on any atom is -0.337 e. The van der Waals surface area contributed by atoms with Crippen LogP contribution in [0.4, 0.5) is 4.39 Å². The second kappa shape index (κ2) is 9.85. The summed E-state index contributed by atoms with van der Waals surface area (Å²) in [5.41, 5.74) is 0.848. The van der Waals surface area contributed by atoms with Crippen molar-refractivity contribution in [2.24, 2.45) is 5.92 Å². The number of amides is 1. The van der Waals surface area contributed by atoms with Crippen LogP contribution in [0.2, 0.25) is 0 Å². The lowest BCUT2D eigenvalue weighted by Crippen LogP contribution is -2.43. The van der Waals surface area contributed by atoms with Gasteiger partial charge in [0.1, 0.15) is 5.82 Å². The molecule has 1 N–H and O–H groups in total. The molecule has 0 atom stereocenters. The number of rotatable bonds is 6. The monoisotopic (exact) mass is 343 g/mol. The molecular weight excluding hydrogens is 317 g/mol. The predicted molar refractivity (Wildman–Crippen MR) is 93.2 cm³/mol. The van der Waals surface area contributed by atoms with Crippen molar-refractivity contribution in [3.05, 3.63) is 35.6 Å². The maximum absolute atomic E-state index is 13.4. The van der Waals surface area contributed by atoms with Gasteiger partial charge in [0.15, 0.2) is 0 Å². The molecule has 0 unspecified atom stereocenters. The van der Waals surface area contributed by atoms with Gasteiger partial charge in [-0.1, -0.05) is 12.1 Å². The second-order valence-electron chi connectivity index (χ2n) is 6.22. The van der Waals surface area contributed by atoms with Crippen LogP contribution in [0.25, 0.3) is 0 Å². The maximum Gasteiger partial charge on any atom is 0.226 e. The van der Waals surface area contributed by atoms with Gasteiger partial charge in [0.25, 0.3) is 0 Å². The van der Waals surface area contributed by atoms with Gasteiger partial charge in [-0.25, -0.2) is 4.39 Å². The summed E-state index contributed by atoms with van der Waals surface area (Å²) >= 11 is 0. The molecule has 0 saturated carbocycles. The molecular formula is C17H27ClFN3O. The Morgan fingerprint density at radius 1 is 1.26 bits per heavy atom. The molecule has 23 heavy (non-hydrogen) atoms. The van der Waals surface area contributed by atoms with E-state index in [9.17, 15) is 9.18 Å². The van der Waals surface area contributed by atoms with Gasteiger partial charge in [0.05, 0.1) is 0 Å². The summed E-state index contributed by atoms with van der Waals surface area (Å²) < 4.78 is 13.4. The number of halogens is 2. The molecule has 1 amide bonds. The van der Waals surface area contributed by atoms with E-state index in [4.69, 9.17) is 0 Å². The first-order valence-electron chi connectivity index (χ1n) is 7.95. The van der Waals surface area contributed by atoms with E-state index in [1.54, 1.807) is 6.07 Å². The normalized spacial score (nSPS) is 15.3. The quantitative estimate of drug-likeness (QED) is 0.859. The second-order valence-corrected chi connectivity index (χ2v) is 6.22. The van der Waals surface area contributed by atoms with Gasteiger partial charge >= 0.3 is 0 Å². The number of carbonyl (C=O) groups excluding carboxylic acids is 1. The number of hydrogen-bond donors (Lipinski definition) is 1. The molecule has 1 saturated heterocycles. The average molecular weight is 344 g/mol. The first kappa shape index (κ1) is 19.9. The van der Waals surface area contributed by atoms with E-state index in [1.807, 2.05) is 25.1 Å². The highest BCUT2D eigenvalue weighted by molar-refractivity contribution is 5.85. The van der Waals surface area contributed by atoms with E-state index < -0.39 is 0 Å². The highest BCUT2D eigenvalue weighted by Crippen LogP contribution is 2.17. The molecule has 0 radical (unpaired) electrons. The van der Waals surface area contributed by atoms with Crippen LogP contribution in [0.5, 0.6) is 0 Å². The molecule has 1 heterocycles. The maximum atomic E-state index is 13.4. The average Bonchev–Trinajstić information content (AvgIpc) is 2.51. The zero-order chi connectivity index (χ0) is 15.9. The lowest BCUT2D eigenvalue weighted by Gasteiger charge is -2.30. The van der Waals surface area contributed by atoms with Gasteiger partial charge in [-0.05, 0) is 57.7 Å². The Morgan fingerprint density at radius 2 is 1.96 bits per heavy atom. The van der Waals surface area contributed by atoms with Crippen LogP contribution in [0.1, 0.15) is 18.4 Å². The Hall–Kier alpha value is -1.17. The smallest absolute Gasteiger partial charge is 0.226 e. The molecule has 1 aliphatic rings. The standard InChI is InChI=1S/C17H26FN3O.ClH/c1-20(2)10-11-21(13-14-4-3-5-16(18)12-14)17(22)15-6-8-19-9-7-15;/h3-5,12,15,19H,6-11,13H2,1-2H3;1H. The van der Waals surface area contributed by atoms with Crippen molar-refractivity contribution in [1.82, 2.24) is 15.1 Å². The van der Waals surface area contributed by atoms with Gasteiger partial charge in [0, 0.05) is 25.6 Å². The molecule has 0 bridgehead atoms. The Morgan fingerprint density at radius 3 is 2.57 bits per heavy atom. The van der Waals surface area contributed by atoms with Crippen molar-refractivity contribution in [2.45, 2.75) is 19.4 Å². The third-order valence-electron chi connectivity index (χ3n) is 4.08. The number of carbonyl (C=O) groups is 1. The van der Waals surface area contributed by atoms with Crippen molar-refractivity contribution in [3.63, 3.8) is 0 Å². The summed E-state index contributed by atoms with van der Waals surface area (Å²) in [4.78, 5) is 16.7. The fraction of sp³-hybridized carbons (Fsp3) is 0.588. The Balaban J connectivity index is 0.00000264. The molecule has 2 rings (SSSR count). The molecule has 1 aromatic carbocycles. The molecule has 1 fully saturated rings. The number of nitrogens with one attached hydrogen (secondary N) is 1. The third kappa shape index (κ3) is 6.45. The number of nitrogens with zero attached hydrogens (tertiary/aromatic N) is 2. The van der Waals surface area contributed by atoms with Crippen LogP contribution in [-0.2, 0) is 11.3 Å². The SMILES string of the molecule is CN(C)CCN(Cc1cccc(F)c1)C(=O)C1CCNCC1.Cl. The summed E-state index contributed by atoms with van der Waals surface area (Å²) in [6, 6.07) is 6.52. The molecule has 0 aromatic heterocycles. The lowest BCUT2D eigenvalue weighted by atomic mass is 9.96. The topological polar surface area (TPSA) is 35.6 Å². The van der Waals surface area contributed by atoms with Gasteiger partial charge in [-0.2, -0.15) is 0 Å². The number of benzene rings is 1. The number of likely N-dealkylation sites (N-methyl/N-ethyl adjacent to an activating group) is 1. The van der Waals surface area contributed by atoms with Crippen LogP contribution in [0.15, 0.2) is 24.3 Å². The van der Waals surface area contributed by atoms with Crippen molar-refractivity contribution in [1.29, 1.82) is 0 Å². The highest BCUT2D eigenvalue weighted by Gasteiger charge is 2.25. The van der Waals surface area contributed by atoms with E-state index in [0.717, 1.165) is 38.0 Å². The van der Waals surface area contributed by atoms with E-state index >= 15 is 0 Å². The highest BCUT2D eigenvalue weighted by atomic mass is 35.5. The summed E-state index contributed by atoms with van der Waals surface area (Å²) in [6.45, 7) is 3.77. The van der Waals surface area contributed by atoms with Crippen LogP contribution in [-0.4, -0.2) is 56.0 Å². The van der Waals surface area contributed by atoms with Gasteiger partial charge in [-0.3, -0.25) is 4.79 Å².